The van der Waals surface area contributed by atoms with E-state index in [1.165, 1.54) is 0 Å². The third-order valence-electron chi connectivity index (χ3n) is 2.74. The van der Waals surface area contributed by atoms with E-state index in [0.29, 0.717) is 5.82 Å². The molecule has 0 amide bonds. The molecular formula is C13H12N4. The minimum Gasteiger partial charge on any atom is -0.384 e. The standard InChI is InChI=1S/C13H12N4/c1-17-8-10(7-15-17)13-11-5-3-2-4-9(11)6-12(14)16-13/h2-8H,1H3,(H2,14,16). The van der Waals surface area contributed by atoms with Gasteiger partial charge in [-0.15, -0.1) is 0 Å². The lowest BCUT2D eigenvalue weighted by Gasteiger charge is -2.05. The Hall–Kier alpha value is -2.36. The molecule has 2 aromatic heterocycles. The zero-order chi connectivity index (χ0) is 11.8. The molecule has 0 aliphatic carbocycles. The van der Waals surface area contributed by atoms with Crippen molar-refractivity contribution >= 4 is 16.6 Å². The second-order valence-corrected chi connectivity index (χ2v) is 4.02. The van der Waals surface area contributed by atoms with Gasteiger partial charge in [-0.25, -0.2) is 4.98 Å². The molecule has 0 atom stereocenters. The van der Waals surface area contributed by atoms with Gasteiger partial charge >= 0.3 is 0 Å². The largest absolute Gasteiger partial charge is 0.384 e. The molecule has 3 aromatic rings. The molecule has 0 bridgehead atoms. The molecule has 0 fully saturated rings. The van der Waals surface area contributed by atoms with Crippen LogP contribution in [0.4, 0.5) is 5.82 Å². The zero-order valence-corrected chi connectivity index (χ0v) is 9.46. The van der Waals surface area contributed by atoms with E-state index in [1.807, 2.05) is 43.6 Å². The maximum absolute atomic E-state index is 5.83. The van der Waals surface area contributed by atoms with Crippen molar-refractivity contribution in [1.82, 2.24) is 14.8 Å². The second kappa shape index (κ2) is 3.59. The van der Waals surface area contributed by atoms with E-state index in [-0.39, 0.29) is 0 Å². The van der Waals surface area contributed by atoms with Crippen LogP contribution in [0.15, 0.2) is 42.7 Å². The van der Waals surface area contributed by atoms with Gasteiger partial charge in [0.25, 0.3) is 0 Å². The summed E-state index contributed by atoms with van der Waals surface area (Å²) in [6.07, 6.45) is 3.74. The van der Waals surface area contributed by atoms with Crippen molar-refractivity contribution in [3.05, 3.63) is 42.7 Å². The maximum Gasteiger partial charge on any atom is 0.124 e. The molecule has 4 heteroatoms. The molecule has 0 spiro atoms. The summed E-state index contributed by atoms with van der Waals surface area (Å²) in [7, 11) is 1.89. The second-order valence-electron chi connectivity index (χ2n) is 4.02. The number of rotatable bonds is 1. The van der Waals surface area contributed by atoms with Crippen LogP contribution in [0.2, 0.25) is 0 Å². The third-order valence-corrected chi connectivity index (χ3v) is 2.74. The lowest BCUT2D eigenvalue weighted by Crippen LogP contribution is -1.93. The molecule has 0 radical (unpaired) electrons. The number of nitrogens with zero attached hydrogens (tertiary/aromatic N) is 3. The Bertz CT molecular complexity index is 685. The number of aromatic nitrogens is 3. The van der Waals surface area contributed by atoms with Crippen LogP contribution in [0.5, 0.6) is 0 Å². The molecule has 2 N–H and O–H groups in total. The minimum absolute atomic E-state index is 0.530. The summed E-state index contributed by atoms with van der Waals surface area (Å²) in [5.41, 5.74) is 7.70. The molecule has 3 rings (SSSR count). The lowest BCUT2D eigenvalue weighted by molar-refractivity contribution is 0.768. The summed E-state index contributed by atoms with van der Waals surface area (Å²) >= 11 is 0. The summed E-state index contributed by atoms with van der Waals surface area (Å²) in [6, 6.07) is 9.96. The number of hydrogen-bond acceptors (Lipinski definition) is 3. The monoisotopic (exact) mass is 224 g/mol. The smallest absolute Gasteiger partial charge is 0.124 e. The van der Waals surface area contributed by atoms with Crippen LogP contribution in [-0.2, 0) is 7.05 Å². The quantitative estimate of drug-likeness (QED) is 0.689. The van der Waals surface area contributed by atoms with Crippen LogP contribution in [0, 0.1) is 0 Å². The predicted molar refractivity (Wildman–Crippen MR) is 68.4 cm³/mol. The highest BCUT2D eigenvalue weighted by atomic mass is 15.2. The first-order chi connectivity index (χ1) is 8.24. The fraction of sp³-hybridized carbons (Fsp3) is 0.0769. The van der Waals surface area contributed by atoms with Crippen LogP contribution >= 0.6 is 0 Å². The summed E-state index contributed by atoms with van der Waals surface area (Å²) in [5, 5.41) is 6.35. The number of nitrogen functional groups attached to an aromatic ring is 1. The number of fused-ring (bicyclic) bond motifs is 1. The zero-order valence-electron chi connectivity index (χ0n) is 9.46. The summed E-state index contributed by atoms with van der Waals surface area (Å²) in [6.45, 7) is 0. The van der Waals surface area contributed by atoms with E-state index in [2.05, 4.69) is 10.1 Å². The van der Waals surface area contributed by atoms with Gasteiger partial charge in [-0.1, -0.05) is 24.3 Å². The van der Waals surface area contributed by atoms with Gasteiger partial charge in [0.05, 0.1) is 11.9 Å². The van der Waals surface area contributed by atoms with Gasteiger partial charge in [-0.2, -0.15) is 5.10 Å². The van der Waals surface area contributed by atoms with Gasteiger partial charge in [-0.05, 0) is 11.5 Å². The molecular weight excluding hydrogens is 212 g/mol. The first-order valence-electron chi connectivity index (χ1n) is 5.38. The van der Waals surface area contributed by atoms with Gasteiger partial charge in [-0.3, -0.25) is 4.68 Å². The molecule has 17 heavy (non-hydrogen) atoms. The van der Waals surface area contributed by atoms with Crippen LogP contribution in [-0.4, -0.2) is 14.8 Å². The Labute approximate surface area is 98.7 Å². The average molecular weight is 224 g/mol. The Morgan fingerprint density at radius 2 is 2.06 bits per heavy atom. The number of anilines is 1. The fourth-order valence-corrected chi connectivity index (χ4v) is 1.98. The molecule has 0 saturated carbocycles. The van der Waals surface area contributed by atoms with Crippen molar-refractivity contribution in [2.24, 2.45) is 7.05 Å². The first kappa shape index (κ1) is 9.84. The number of pyridine rings is 1. The molecule has 0 unspecified atom stereocenters. The number of aryl methyl sites for hydroxylation is 1. The predicted octanol–water partition coefficient (Wildman–Crippen LogP) is 2.22. The molecule has 1 aromatic carbocycles. The van der Waals surface area contributed by atoms with Gasteiger partial charge in [0.2, 0.25) is 0 Å². The van der Waals surface area contributed by atoms with Crippen LogP contribution in [0.1, 0.15) is 0 Å². The lowest BCUT2D eigenvalue weighted by atomic mass is 10.1. The van der Waals surface area contributed by atoms with E-state index in [1.54, 1.807) is 10.9 Å². The van der Waals surface area contributed by atoms with Gasteiger partial charge in [0, 0.05) is 24.2 Å². The minimum atomic E-state index is 0.530. The van der Waals surface area contributed by atoms with Crippen LogP contribution < -0.4 is 5.73 Å². The van der Waals surface area contributed by atoms with Gasteiger partial charge < -0.3 is 5.73 Å². The van der Waals surface area contributed by atoms with Crippen molar-refractivity contribution in [2.75, 3.05) is 5.73 Å². The van der Waals surface area contributed by atoms with Crippen LogP contribution in [0.3, 0.4) is 0 Å². The Balaban J connectivity index is 2.35. The van der Waals surface area contributed by atoms with E-state index in [4.69, 9.17) is 5.73 Å². The van der Waals surface area contributed by atoms with Crippen molar-refractivity contribution in [1.29, 1.82) is 0 Å². The third kappa shape index (κ3) is 1.63. The van der Waals surface area contributed by atoms with E-state index >= 15 is 0 Å². The molecule has 84 valence electrons. The molecule has 2 heterocycles. The van der Waals surface area contributed by atoms with Gasteiger partial charge in [0.1, 0.15) is 5.82 Å². The maximum atomic E-state index is 5.83. The van der Waals surface area contributed by atoms with E-state index in [0.717, 1.165) is 22.0 Å². The molecule has 0 aliphatic heterocycles. The Morgan fingerprint density at radius 3 is 2.82 bits per heavy atom. The molecule has 0 saturated heterocycles. The first-order valence-corrected chi connectivity index (χ1v) is 5.38. The van der Waals surface area contributed by atoms with Crippen molar-refractivity contribution < 1.29 is 0 Å². The van der Waals surface area contributed by atoms with Gasteiger partial charge in [0.15, 0.2) is 0 Å². The average Bonchev–Trinajstić information content (AvgIpc) is 2.74. The SMILES string of the molecule is Cn1cc(-c2nc(N)cc3ccccc23)cn1. The fourth-order valence-electron chi connectivity index (χ4n) is 1.98. The molecule has 0 aliphatic rings. The summed E-state index contributed by atoms with van der Waals surface area (Å²) in [5.74, 6) is 0.530. The highest BCUT2D eigenvalue weighted by Crippen LogP contribution is 2.27. The molecule has 4 nitrogen and oxygen atoms in total. The highest BCUT2D eigenvalue weighted by Gasteiger charge is 2.08. The number of hydrogen-bond donors (Lipinski definition) is 1. The number of benzene rings is 1. The van der Waals surface area contributed by atoms with Crippen molar-refractivity contribution in [2.45, 2.75) is 0 Å². The van der Waals surface area contributed by atoms with E-state index in [9.17, 15) is 0 Å². The topological polar surface area (TPSA) is 56.7 Å². The van der Waals surface area contributed by atoms with Crippen molar-refractivity contribution in [3.8, 4) is 11.3 Å². The Morgan fingerprint density at radius 1 is 1.24 bits per heavy atom. The highest BCUT2D eigenvalue weighted by molar-refractivity contribution is 5.95. The summed E-state index contributed by atoms with van der Waals surface area (Å²) < 4.78 is 1.76. The van der Waals surface area contributed by atoms with Crippen molar-refractivity contribution in [3.63, 3.8) is 0 Å². The number of nitrogens with two attached hydrogens (primary N) is 1. The van der Waals surface area contributed by atoms with E-state index < -0.39 is 0 Å². The van der Waals surface area contributed by atoms with Crippen LogP contribution in [0.25, 0.3) is 22.0 Å². The normalized spacial score (nSPS) is 10.9. The Kier molecular flexibility index (Phi) is 2.08. The summed E-state index contributed by atoms with van der Waals surface area (Å²) in [4.78, 5) is 4.41.